The number of rotatable bonds is 6. The average Bonchev–Trinajstić information content (AvgIpc) is 2.71. The first-order valence-corrected chi connectivity index (χ1v) is 9.72. The number of hydrogen-bond donors (Lipinski definition) is 2. The zero-order chi connectivity index (χ0) is 19.1. The summed E-state index contributed by atoms with van der Waals surface area (Å²) in [5, 5.41) is 6.82. The summed E-state index contributed by atoms with van der Waals surface area (Å²) in [6, 6.07) is 17.9. The number of benzene rings is 2. The highest BCUT2D eigenvalue weighted by Crippen LogP contribution is 2.33. The summed E-state index contributed by atoms with van der Waals surface area (Å²) in [5.41, 5.74) is 2.14. The first kappa shape index (κ1) is 19.2. The van der Waals surface area contributed by atoms with Crippen molar-refractivity contribution in [3.05, 3.63) is 60.2 Å². The van der Waals surface area contributed by atoms with Gasteiger partial charge in [-0.05, 0) is 42.8 Å². The maximum absolute atomic E-state index is 12.4. The minimum Gasteiger partial charge on any atom is -0.477 e. The molecule has 0 fully saturated rings. The molecule has 0 aromatic heterocycles. The van der Waals surface area contributed by atoms with E-state index in [2.05, 4.69) is 22.8 Å². The number of anilines is 1. The van der Waals surface area contributed by atoms with E-state index in [0.717, 1.165) is 25.1 Å². The summed E-state index contributed by atoms with van der Waals surface area (Å²) in [5.74, 6) is 0.566. The van der Waals surface area contributed by atoms with Crippen LogP contribution >= 0.6 is 12.2 Å². The van der Waals surface area contributed by atoms with Gasteiger partial charge in [-0.3, -0.25) is 4.79 Å². The van der Waals surface area contributed by atoms with Crippen LogP contribution in [0.15, 0.2) is 54.6 Å². The minimum absolute atomic E-state index is 0.108. The van der Waals surface area contributed by atoms with Gasteiger partial charge in [0.25, 0.3) is 5.91 Å². The lowest BCUT2D eigenvalue weighted by Gasteiger charge is -2.35. The van der Waals surface area contributed by atoms with E-state index in [1.165, 1.54) is 5.56 Å². The van der Waals surface area contributed by atoms with Crippen molar-refractivity contribution in [3.63, 3.8) is 0 Å². The van der Waals surface area contributed by atoms with Crippen LogP contribution in [0.2, 0.25) is 0 Å². The number of nitrogens with one attached hydrogen (secondary N) is 2. The third kappa shape index (κ3) is 4.98. The second-order valence-electron chi connectivity index (χ2n) is 6.44. The Morgan fingerprint density at radius 2 is 1.85 bits per heavy atom. The Bertz CT molecular complexity index is 782. The Labute approximate surface area is 165 Å². The zero-order valence-corrected chi connectivity index (χ0v) is 16.3. The second-order valence-corrected chi connectivity index (χ2v) is 6.83. The molecule has 1 heterocycles. The van der Waals surface area contributed by atoms with E-state index < -0.39 is 6.10 Å². The number of hydrogen-bond acceptors (Lipinski definition) is 3. The van der Waals surface area contributed by atoms with Crippen LogP contribution in [0.3, 0.4) is 0 Å². The predicted octanol–water partition coefficient (Wildman–Crippen LogP) is 2.90. The molecule has 0 radical (unpaired) electrons. The monoisotopic (exact) mass is 383 g/mol. The number of thiocarbonyl (C=S) groups is 1. The molecule has 6 heteroatoms. The highest BCUT2D eigenvalue weighted by Gasteiger charge is 2.32. The summed E-state index contributed by atoms with van der Waals surface area (Å²) < 4.78 is 5.90. The molecule has 0 saturated carbocycles. The van der Waals surface area contributed by atoms with E-state index in [0.29, 0.717) is 24.0 Å². The largest absolute Gasteiger partial charge is 0.477 e. The lowest BCUT2D eigenvalue weighted by molar-refractivity contribution is -0.127. The van der Waals surface area contributed by atoms with Crippen molar-refractivity contribution in [2.24, 2.45) is 0 Å². The Morgan fingerprint density at radius 3 is 2.63 bits per heavy atom. The van der Waals surface area contributed by atoms with Crippen molar-refractivity contribution < 1.29 is 9.53 Å². The average molecular weight is 384 g/mol. The molecule has 5 nitrogen and oxygen atoms in total. The topological polar surface area (TPSA) is 53.6 Å². The van der Waals surface area contributed by atoms with Gasteiger partial charge in [0.05, 0.1) is 12.2 Å². The fourth-order valence-corrected chi connectivity index (χ4v) is 3.25. The van der Waals surface area contributed by atoms with Crippen molar-refractivity contribution in [3.8, 4) is 5.75 Å². The molecule has 1 aliphatic heterocycles. The molecule has 0 spiro atoms. The van der Waals surface area contributed by atoms with Gasteiger partial charge in [0.2, 0.25) is 0 Å². The van der Waals surface area contributed by atoms with Crippen molar-refractivity contribution in [2.45, 2.75) is 25.9 Å². The minimum atomic E-state index is -0.583. The molecular weight excluding hydrogens is 358 g/mol. The Balaban J connectivity index is 1.66. The van der Waals surface area contributed by atoms with Crippen molar-refractivity contribution in [1.82, 2.24) is 10.6 Å². The van der Waals surface area contributed by atoms with E-state index in [1.807, 2.05) is 54.3 Å². The lowest BCUT2D eigenvalue weighted by Crippen LogP contribution is -2.53. The summed E-state index contributed by atoms with van der Waals surface area (Å²) in [7, 11) is 0. The number of carbonyl (C=O) groups is 1. The van der Waals surface area contributed by atoms with E-state index in [4.69, 9.17) is 17.0 Å². The van der Waals surface area contributed by atoms with Gasteiger partial charge in [0.15, 0.2) is 11.2 Å². The molecule has 142 valence electrons. The van der Waals surface area contributed by atoms with Gasteiger partial charge >= 0.3 is 0 Å². The first-order valence-electron chi connectivity index (χ1n) is 9.31. The molecule has 0 unspecified atom stereocenters. The van der Waals surface area contributed by atoms with Crippen molar-refractivity contribution in [2.75, 3.05) is 24.5 Å². The van der Waals surface area contributed by atoms with Crippen LogP contribution in [0.1, 0.15) is 18.9 Å². The van der Waals surface area contributed by atoms with Crippen molar-refractivity contribution in [1.29, 1.82) is 0 Å². The van der Waals surface area contributed by atoms with Crippen LogP contribution in [0.5, 0.6) is 5.75 Å². The fraction of sp³-hybridized carbons (Fsp3) is 0.333. The molecular formula is C21H25N3O2S. The molecule has 0 bridgehead atoms. The quantitative estimate of drug-likeness (QED) is 0.752. The first-order chi connectivity index (χ1) is 13.2. The molecule has 1 amide bonds. The Hall–Kier alpha value is -2.60. The fourth-order valence-electron chi connectivity index (χ4n) is 2.98. The number of nitrogens with zero attached hydrogens (tertiary/aromatic N) is 1. The standard InChI is InChI=1S/C21H25N3O2S/c1-2-13-22-20(25)19-15-24(17-10-6-7-11-18(17)26-19)21(27)23-14-12-16-8-4-3-5-9-16/h3-11,19H,2,12-15H2,1H3,(H,22,25)(H,23,27)/t19-/m0/s1. The third-order valence-corrected chi connectivity index (χ3v) is 4.76. The molecule has 3 rings (SSSR count). The van der Waals surface area contributed by atoms with E-state index in [1.54, 1.807) is 0 Å². The number of amides is 1. The van der Waals surface area contributed by atoms with Gasteiger partial charge in [-0.2, -0.15) is 0 Å². The smallest absolute Gasteiger partial charge is 0.262 e. The normalized spacial score (nSPS) is 15.4. The number of carbonyl (C=O) groups excluding carboxylic acids is 1. The van der Waals surface area contributed by atoms with Crippen LogP contribution in [0.25, 0.3) is 0 Å². The van der Waals surface area contributed by atoms with Gasteiger partial charge in [-0.25, -0.2) is 0 Å². The van der Waals surface area contributed by atoms with Crippen LogP contribution in [-0.4, -0.2) is 36.8 Å². The summed E-state index contributed by atoms with van der Waals surface area (Å²) in [4.78, 5) is 14.4. The molecule has 2 aromatic rings. The summed E-state index contributed by atoms with van der Waals surface area (Å²) >= 11 is 5.62. The predicted molar refractivity (Wildman–Crippen MR) is 112 cm³/mol. The number of para-hydroxylation sites is 2. The van der Waals surface area contributed by atoms with Crippen LogP contribution in [0, 0.1) is 0 Å². The molecule has 1 aliphatic rings. The molecule has 27 heavy (non-hydrogen) atoms. The summed E-state index contributed by atoms with van der Waals surface area (Å²) in [6.45, 7) is 3.79. The number of fused-ring (bicyclic) bond motifs is 1. The van der Waals surface area contributed by atoms with Crippen LogP contribution in [0.4, 0.5) is 5.69 Å². The Morgan fingerprint density at radius 1 is 1.11 bits per heavy atom. The molecule has 0 saturated heterocycles. The number of ether oxygens (including phenoxy) is 1. The van der Waals surface area contributed by atoms with Crippen LogP contribution in [-0.2, 0) is 11.2 Å². The van der Waals surface area contributed by atoms with Crippen molar-refractivity contribution >= 4 is 28.9 Å². The maximum Gasteiger partial charge on any atom is 0.262 e. The lowest BCUT2D eigenvalue weighted by atomic mass is 10.1. The molecule has 2 aromatic carbocycles. The van der Waals surface area contributed by atoms with Gasteiger partial charge in [0, 0.05) is 13.1 Å². The summed E-state index contributed by atoms with van der Waals surface area (Å²) in [6.07, 6.45) is 1.19. The highest BCUT2D eigenvalue weighted by molar-refractivity contribution is 7.80. The molecule has 0 aliphatic carbocycles. The van der Waals surface area contributed by atoms with E-state index in [9.17, 15) is 4.79 Å². The second kappa shape index (κ2) is 9.37. The highest BCUT2D eigenvalue weighted by atomic mass is 32.1. The van der Waals surface area contributed by atoms with Gasteiger partial charge in [0.1, 0.15) is 5.75 Å². The molecule has 1 atom stereocenters. The van der Waals surface area contributed by atoms with E-state index in [-0.39, 0.29) is 5.91 Å². The molecule has 2 N–H and O–H groups in total. The van der Waals surface area contributed by atoms with Gasteiger partial charge in [-0.1, -0.05) is 49.4 Å². The van der Waals surface area contributed by atoms with Gasteiger partial charge in [-0.15, -0.1) is 0 Å². The zero-order valence-electron chi connectivity index (χ0n) is 15.5. The maximum atomic E-state index is 12.4. The van der Waals surface area contributed by atoms with Crippen LogP contribution < -0.4 is 20.3 Å². The Kier molecular flexibility index (Phi) is 6.65. The SMILES string of the molecule is CCCNC(=O)[C@@H]1CN(C(=S)NCCc2ccccc2)c2ccccc2O1. The third-order valence-electron chi connectivity index (χ3n) is 4.39. The van der Waals surface area contributed by atoms with Gasteiger partial charge < -0.3 is 20.3 Å². The van der Waals surface area contributed by atoms with E-state index >= 15 is 0 Å².